The zero-order chi connectivity index (χ0) is 12.0. The number of carboxylic acids is 1. The lowest BCUT2D eigenvalue weighted by atomic mass is 10.1. The van der Waals surface area contributed by atoms with E-state index in [1.54, 1.807) is 6.07 Å². The molecule has 1 aromatic rings. The summed E-state index contributed by atoms with van der Waals surface area (Å²) in [7, 11) is 0. The smallest absolute Gasteiger partial charge is 0.338 e. The normalized spacial score (nSPS) is 9.81. The summed E-state index contributed by atoms with van der Waals surface area (Å²) in [4.78, 5) is 22.2. The molecule has 0 heterocycles. The van der Waals surface area contributed by atoms with E-state index in [-0.39, 0.29) is 11.1 Å². The van der Waals surface area contributed by atoms with Gasteiger partial charge in [-0.15, -0.1) is 0 Å². The molecule has 1 aromatic carbocycles. The Balaban J connectivity index is 2.68. The lowest BCUT2D eigenvalue weighted by Crippen LogP contribution is -2.08. The summed E-state index contributed by atoms with van der Waals surface area (Å²) in [5.74, 6) is -1.53. The van der Waals surface area contributed by atoms with Gasteiger partial charge in [-0.2, -0.15) is 0 Å². The molecule has 0 spiro atoms. The fourth-order valence-corrected chi connectivity index (χ4v) is 1.39. The van der Waals surface area contributed by atoms with Gasteiger partial charge >= 0.3 is 11.9 Å². The van der Waals surface area contributed by atoms with Crippen molar-refractivity contribution in [2.45, 2.75) is 6.42 Å². The number of hydrogen-bond acceptors (Lipinski definition) is 3. The van der Waals surface area contributed by atoms with E-state index in [2.05, 4.69) is 22.6 Å². The van der Waals surface area contributed by atoms with Gasteiger partial charge in [0.15, 0.2) is 0 Å². The lowest BCUT2D eigenvalue weighted by Gasteiger charge is -2.04. The fourth-order valence-electron chi connectivity index (χ4n) is 1.08. The van der Waals surface area contributed by atoms with Gasteiger partial charge in [-0.3, -0.25) is 0 Å². The molecule has 0 radical (unpaired) electrons. The van der Waals surface area contributed by atoms with E-state index in [0.717, 1.165) is 10.8 Å². The molecular formula is C11H11IO4. The van der Waals surface area contributed by atoms with Gasteiger partial charge in [0, 0.05) is 4.43 Å². The van der Waals surface area contributed by atoms with E-state index in [1.807, 2.05) is 0 Å². The molecule has 16 heavy (non-hydrogen) atoms. The SMILES string of the molecule is O=C(O)c1cccc(C(=O)OCCCI)c1. The second-order valence-corrected chi connectivity index (χ2v) is 4.14. The maximum atomic E-state index is 11.5. The maximum Gasteiger partial charge on any atom is 0.338 e. The average Bonchev–Trinajstić information content (AvgIpc) is 2.29. The van der Waals surface area contributed by atoms with Crippen LogP contribution >= 0.6 is 22.6 Å². The average molecular weight is 334 g/mol. The highest BCUT2D eigenvalue weighted by atomic mass is 127. The van der Waals surface area contributed by atoms with E-state index in [4.69, 9.17) is 9.84 Å². The molecule has 0 fully saturated rings. The summed E-state index contributed by atoms with van der Waals surface area (Å²) >= 11 is 2.19. The van der Waals surface area contributed by atoms with Gasteiger partial charge in [0.05, 0.1) is 17.7 Å². The number of carboxylic acid groups (broad SMARTS) is 1. The third kappa shape index (κ3) is 3.80. The Morgan fingerprint density at radius 2 is 2.00 bits per heavy atom. The fraction of sp³-hybridized carbons (Fsp3) is 0.273. The van der Waals surface area contributed by atoms with Gasteiger partial charge in [0.2, 0.25) is 0 Å². The zero-order valence-electron chi connectivity index (χ0n) is 8.48. The molecule has 0 aliphatic carbocycles. The van der Waals surface area contributed by atoms with Crippen LogP contribution in [0, 0.1) is 0 Å². The number of alkyl halides is 1. The van der Waals surface area contributed by atoms with Crippen LogP contribution in [0.1, 0.15) is 27.1 Å². The third-order valence-corrected chi connectivity index (χ3v) is 2.62. The number of ether oxygens (including phenoxy) is 1. The van der Waals surface area contributed by atoms with Crippen LogP contribution in [-0.2, 0) is 4.74 Å². The number of carbonyl (C=O) groups is 2. The zero-order valence-corrected chi connectivity index (χ0v) is 10.6. The number of hydrogen-bond donors (Lipinski definition) is 1. The van der Waals surface area contributed by atoms with Crippen molar-refractivity contribution in [3.63, 3.8) is 0 Å². The van der Waals surface area contributed by atoms with Crippen LogP contribution in [0.3, 0.4) is 0 Å². The first-order chi connectivity index (χ1) is 7.65. The number of benzene rings is 1. The second-order valence-electron chi connectivity index (χ2n) is 3.06. The van der Waals surface area contributed by atoms with E-state index in [9.17, 15) is 9.59 Å². The summed E-state index contributed by atoms with van der Waals surface area (Å²) in [6, 6.07) is 5.82. The molecule has 1 N–H and O–H groups in total. The van der Waals surface area contributed by atoms with Crippen molar-refractivity contribution in [1.82, 2.24) is 0 Å². The highest BCUT2D eigenvalue weighted by molar-refractivity contribution is 14.1. The summed E-state index contributed by atoms with van der Waals surface area (Å²) in [5.41, 5.74) is 0.358. The van der Waals surface area contributed by atoms with Gasteiger partial charge in [0.1, 0.15) is 0 Å². The van der Waals surface area contributed by atoms with Crippen molar-refractivity contribution in [3.8, 4) is 0 Å². The first-order valence-electron chi connectivity index (χ1n) is 4.71. The van der Waals surface area contributed by atoms with Crippen molar-refractivity contribution >= 4 is 34.5 Å². The minimum Gasteiger partial charge on any atom is -0.478 e. The van der Waals surface area contributed by atoms with Crippen molar-refractivity contribution in [2.75, 3.05) is 11.0 Å². The monoisotopic (exact) mass is 334 g/mol. The van der Waals surface area contributed by atoms with E-state index in [0.29, 0.717) is 6.61 Å². The van der Waals surface area contributed by atoms with Crippen LogP contribution in [0.15, 0.2) is 24.3 Å². The van der Waals surface area contributed by atoms with Gasteiger partial charge in [-0.25, -0.2) is 9.59 Å². The Hall–Kier alpha value is -1.11. The third-order valence-electron chi connectivity index (χ3n) is 1.86. The number of aromatic carboxylic acids is 1. The van der Waals surface area contributed by atoms with Crippen molar-refractivity contribution in [1.29, 1.82) is 0 Å². The molecule has 0 amide bonds. The molecule has 0 saturated heterocycles. The lowest BCUT2D eigenvalue weighted by molar-refractivity contribution is 0.0507. The van der Waals surface area contributed by atoms with Crippen molar-refractivity contribution in [3.05, 3.63) is 35.4 Å². The number of esters is 1. The van der Waals surface area contributed by atoms with Gasteiger partial charge in [-0.05, 0) is 24.6 Å². The van der Waals surface area contributed by atoms with Gasteiger partial charge < -0.3 is 9.84 Å². The first-order valence-corrected chi connectivity index (χ1v) is 6.24. The molecule has 0 aromatic heterocycles. The van der Waals surface area contributed by atoms with Crippen molar-refractivity contribution in [2.24, 2.45) is 0 Å². The molecule has 0 unspecified atom stereocenters. The van der Waals surface area contributed by atoms with E-state index < -0.39 is 11.9 Å². The number of carbonyl (C=O) groups excluding carboxylic acids is 1. The van der Waals surface area contributed by atoms with Crippen LogP contribution in [0.25, 0.3) is 0 Å². The highest BCUT2D eigenvalue weighted by Gasteiger charge is 2.10. The molecule has 0 bridgehead atoms. The first kappa shape index (κ1) is 13.0. The molecular weight excluding hydrogens is 323 g/mol. The largest absolute Gasteiger partial charge is 0.478 e. The predicted molar refractivity (Wildman–Crippen MR) is 67.2 cm³/mol. The molecule has 1 rings (SSSR count). The molecule has 5 heteroatoms. The standard InChI is InChI=1S/C11H11IO4/c12-5-2-6-16-11(15)9-4-1-3-8(7-9)10(13)14/h1,3-4,7H,2,5-6H2,(H,13,14). The second kappa shape index (κ2) is 6.47. The quantitative estimate of drug-likeness (QED) is 0.389. The van der Waals surface area contributed by atoms with Gasteiger partial charge in [-0.1, -0.05) is 28.7 Å². The van der Waals surface area contributed by atoms with Crippen LogP contribution in [0.2, 0.25) is 0 Å². The predicted octanol–water partition coefficient (Wildman–Crippen LogP) is 2.37. The van der Waals surface area contributed by atoms with Crippen LogP contribution in [0.4, 0.5) is 0 Å². The molecule has 0 atom stereocenters. The number of rotatable bonds is 5. The number of halogens is 1. The van der Waals surface area contributed by atoms with Crippen LogP contribution < -0.4 is 0 Å². The Morgan fingerprint density at radius 1 is 1.31 bits per heavy atom. The highest BCUT2D eigenvalue weighted by Crippen LogP contribution is 2.07. The minimum absolute atomic E-state index is 0.0864. The Bertz CT molecular complexity index is 389. The molecule has 0 aliphatic rings. The molecule has 0 saturated carbocycles. The molecule has 0 aliphatic heterocycles. The maximum absolute atomic E-state index is 11.5. The summed E-state index contributed by atoms with van der Waals surface area (Å²) in [5, 5.41) is 8.75. The molecule has 4 nitrogen and oxygen atoms in total. The van der Waals surface area contributed by atoms with Gasteiger partial charge in [0.25, 0.3) is 0 Å². The Kier molecular flexibility index (Phi) is 5.24. The van der Waals surface area contributed by atoms with Crippen molar-refractivity contribution < 1.29 is 19.4 Å². The van der Waals surface area contributed by atoms with E-state index >= 15 is 0 Å². The van der Waals surface area contributed by atoms with Crippen LogP contribution in [-0.4, -0.2) is 28.1 Å². The minimum atomic E-state index is -1.05. The summed E-state index contributed by atoms with van der Waals surface area (Å²) in [6.07, 6.45) is 0.797. The summed E-state index contributed by atoms with van der Waals surface area (Å²) < 4.78 is 5.88. The Labute approximate surface area is 107 Å². The Morgan fingerprint density at radius 3 is 2.62 bits per heavy atom. The van der Waals surface area contributed by atoms with E-state index in [1.165, 1.54) is 18.2 Å². The van der Waals surface area contributed by atoms with Crippen LogP contribution in [0.5, 0.6) is 0 Å². The molecule has 86 valence electrons. The topological polar surface area (TPSA) is 63.6 Å². The summed E-state index contributed by atoms with van der Waals surface area (Å²) in [6.45, 7) is 0.360.